The van der Waals surface area contributed by atoms with Crippen molar-refractivity contribution in [3.05, 3.63) is 65.4 Å². The van der Waals surface area contributed by atoms with Gasteiger partial charge in [0.2, 0.25) is 10.0 Å². The van der Waals surface area contributed by atoms with Gasteiger partial charge in [0.25, 0.3) is 0 Å². The molecule has 1 atom stereocenters. The molecule has 3 aromatic rings. The molecule has 0 saturated heterocycles. The van der Waals surface area contributed by atoms with E-state index in [2.05, 4.69) is 4.72 Å². The number of hydrogen-bond donors (Lipinski definition) is 1. The fraction of sp³-hybridized carbons (Fsp3) is 0.448. The van der Waals surface area contributed by atoms with Crippen LogP contribution in [-0.2, 0) is 47.3 Å². The third-order valence-corrected chi connectivity index (χ3v) is 7.39. The fourth-order valence-corrected chi connectivity index (χ4v) is 5.07. The first kappa shape index (κ1) is 29.4. The molecule has 0 amide bonds. The average Bonchev–Trinajstić information content (AvgIpc) is 3.22. The van der Waals surface area contributed by atoms with Gasteiger partial charge in [-0.15, -0.1) is 0 Å². The van der Waals surface area contributed by atoms with Gasteiger partial charge in [-0.2, -0.15) is 4.72 Å². The number of furan rings is 1. The molecule has 0 radical (unpaired) electrons. The Hall–Kier alpha value is -3.17. The van der Waals surface area contributed by atoms with Crippen molar-refractivity contribution in [2.24, 2.45) is 0 Å². The van der Waals surface area contributed by atoms with Crippen molar-refractivity contribution in [2.45, 2.75) is 82.8 Å². The number of sulfonamides is 1. The van der Waals surface area contributed by atoms with Gasteiger partial charge in [-0.3, -0.25) is 9.59 Å². The van der Waals surface area contributed by atoms with E-state index in [-0.39, 0.29) is 29.1 Å². The molecule has 9 heteroatoms. The number of methoxy groups -OCH3 is 1. The van der Waals surface area contributed by atoms with Crippen molar-refractivity contribution in [3.8, 4) is 0 Å². The van der Waals surface area contributed by atoms with E-state index in [0.717, 1.165) is 16.5 Å². The van der Waals surface area contributed by atoms with Gasteiger partial charge in [0.05, 0.1) is 12.0 Å². The Labute approximate surface area is 224 Å². The number of esters is 2. The van der Waals surface area contributed by atoms with Crippen LogP contribution < -0.4 is 4.72 Å². The normalized spacial score (nSPS) is 13.3. The van der Waals surface area contributed by atoms with Crippen LogP contribution in [0.4, 0.5) is 0 Å². The molecule has 1 aromatic heterocycles. The first-order valence-electron chi connectivity index (χ1n) is 12.5. The van der Waals surface area contributed by atoms with E-state index in [1.807, 2.05) is 32.9 Å². The highest BCUT2D eigenvalue weighted by molar-refractivity contribution is 7.89. The van der Waals surface area contributed by atoms with Crippen molar-refractivity contribution >= 4 is 32.9 Å². The van der Waals surface area contributed by atoms with Crippen LogP contribution in [0.1, 0.15) is 64.9 Å². The monoisotopic (exact) mass is 543 g/mol. The second-order valence-corrected chi connectivity index (χ2v) is 13.1. The van der Waals surface area contributed by atoms with Crippen LogP contribution in [0, 0.1) is 0 Å². The molecule has 3 rings (SSSR count). The summed E-state index contributed by atoms with van der Waals surface area (Å²) in [5, 5.41) is 0.783. The van der Waals surface area contributed by atoms with Gasteiger partial charge in [-0.05, 0) is 74.1 Å². The Morgan fingerprint density at radius 3 is 2.21 bits per heavy atom. The minimum absolute atomic E-state index is 0.0413. The lowest BCUT2D eigenvalue weighted by atomic mass is 9.87. The maximum atomic E-state index is 13.2. The zero-order valence-electron chi connectivity index (χ0n) is 23.1. The average molecular weight is 544 g/mol. The first-order valence-corrected chi connectivity index (χ1v) is 14.0. The van der Waals surface area contributed by atoms with E-state index in [9.17, 15) is 18.0 Å². The van der Waals surface area contributed by atoms with Crippen molar-refractivity contribution in [2.75, 3.05) is 7.11 Å². The van der Waals surface area contributed by atoms with Gasteiger partial charge in [-0.25, -0.2) is 8.42 Å². The highest BCUT2D eigenvalue weighted by Gasteiger charge is 2.31. The lowest BCUT2D eigenvalue weighted by Gasteiger charge is -2.24. The highest BCUT2D eigenvalue weighted by Crippen LogP contribution is 2.25. The van der Waals surface area contributed by atoms with Gasteiger partial charge in [-0.1, -0.05) is 39.0 Å². The van der Waals surface area contributed by atoms with E-state index in [1.54, 1.807) is 45.0 Å². The molecule has 38 heavy (non-hydrogen) atoms. The third kappa shape index (κ3) is 7.91. The summed E-state index contributed by atoms with van der Waals surface area (Å²) >= 11 is 0. The summed E-state index contributed by atoms with van der Waals surface area (Å²) in [5.41, 5.74) is 1.57. The number of rotatable bonds is 9. The zero-order valence-corrected chi connectivity index (χ0v) is 23.9. The summed E-state index contributed by atoms with van der Waals surface area (Å²) in [6.45, 7) is 11.3. The second-order valence-electron chi connectivity index (χ2n) is 11.3. The van der Waals surface area contributed by atoms with Crippen LogP contribution in [0.15, 0.2) is 57.8 Å². The molecule has 0 bridgehead atoms. The summed E-state index contributed by atoms with van der Waals surface area (Å²) in [6, 6.07) is 12.7. The number of carbonyl (C=O) groups excluding carboxylic acids is 2. The molecular formula is C29H37NO7S. The summed E-state index contributed by atoms with van der Waals surface area (Å²) < 4.78 is 45.2. The van der Waals surface area contributed by atoms with E-state index in [0.29, 0.717) is 17.8 Å². The van der Waals surface area contributed by atoms with Crippen molar-refractivity contribution in [1.82, 2.24) is 4.72 Å². The Kier molecular flexibility index (Phi) is 8.73. The van der Waals surface area contributed by atoms with Crippen molar-refractivity contribution in [1.29, 1.82) is 0 Å². The maximum absolute atomic E-state index is 13.2. The van der Waals surface area contributed by atoms with Crippen LogP contribution >= 0.6 is 0 Å². The molecule has 0 fully saturated rings. The smallest absolute Gasteiger partial charge is 0.325 e. The third-order valence-electron chi connectivity index (χ3n) is 5.90. The number of carbonyl (C=O) groups is 2. The maximum Gasteiger partial charge on any atom is 0.325 e. The molecule has 2 aromatic carbocycles. The van der Waals surface area contributed by atoms with E-state index in [1.165, 1.54) is 19.2 Å². The second kappa shape index (κ2) is 11.3. The van der Waals surface area contributed by atoms with Gasteiger partial charge in [0.15, 0.2) is 0 Å². The van der Waals surface area contributed by atoms with Crippen LogP contribution in [0.25, 0.3) is 11.0 Å². The van der Waals surface area contributed by atoms with Crippen LogP contribution in [0.2, 0.25) is 0 Å². The summed E-state index contributed by atoms with van der Waals surface area (Å²) in [7, 11) is -2.68. The van der Waals surface area contributed by atoms with Gasteiger partial charge in [0, 0.05) is 18.2 Å². The Morgan fingerprint density at radius 1 is 0.974 bits per heavy atom. The Bertz CT molecular complexity index is 1390. The number of ether oxygens (including phenoxy) is 2. The molecule has 0 saturated carbocycles. The molecule has 206 valence electrons. The molecule has 0 aliphatic rings. The zero-order chi connectivity index (χ0) is 28.3. The molecule has 0 aliphatic carbocycles. The number of nitrogens with one attached hydrogen (secondary N) is 1. The standard InChI is InChI=1S/C29H37NO7S/c1-28(2,3)21-10-12-23(13-11-21)38(33,34)30-24(27(32)37-29(4,5)6)18-22-17-20-16-19(8-14-25(20)36-22)9-15-26(31)35-7/h8,10-14,16-17,24,30H,9,15,18H2,1-7H3. The topological polar surface area (TPSA) is 112 Å². The molecule has 1 N–H and O–H groups in total. The number of fused-ring (bicyclic) bond motifs is 1. The minimum atomic E-state index is -4.03. The molecule has 1 unspecified atom stereocenters. The van der Waals surface area contributed by atoms with E-state index < -0.39 is 27.6 Å². The Morgan fingerprint density at radius 2 is 1.63 bits per heavy atom. The number of benzene rings is 2. The summed E-state index contributed by atoms with van der Waals surface area (Å²) in [5.74, 6) is -0.572. The molecule has 0 aliphatic heterocycles. The largest absolute Gasteiger partial charge is 0.469 e. The van der Waals surface area contributed by atoms with Gasteiger partial charge >= 0.3 is 11.9 Å². The lowest BCUT2D eigenvalue weighted by Crippen LogP contribution is -2.45. The molecule has 8 nitrogen and oxygen atoms in total. The lowest BCUT2D eigenvalue weighted by molar-refractivity contribution is -0.157. The van der Waals surface area contributed by atoms with E-state index in [4.69, 9.17) is 13.9 Å². The van der Waals surface area contributed by atoms with Crippen LogP contribution in [-0.4, -0.2) is 39.1 Å². The Balaban J connectivity index is 1.86. The predicted octanol–water partition coefficient (Wildman–Crippen LogP) is 5.07. The molecule has 1 heterocycles. The van der Waals surface area contributed by atoms with Crippen molar-refractivity contribution < 1.29 is 31.9 Å². The number of aryl methyl sites for hydroxylation is 1. The predicted molar refractivity (Wildman–Crippen MR) is 145 cm³/mol. The van der Waals surface area contributed by atoms with E-state index >= 15 is 0 Å². The van der Waals surface area contributed by atoms with Gasteiger partial charge < -0.3 is 13.9 Å². The number of hydrogen-bond acceptors (Lipinski definition) is 7. The van der Waals surface area contributed by atoms with Gasteiger partial charge in [0.1, 0.15) is 23.0 Å². The first-order chi connectivity index (χ1) is 17.6. The highest BCUT2D eigenvalue weighted by atomic mass is 32.2. The molecular weight excluding hydrogens is 506 g/mol. The van der Waals surface area contributed by atoms with Crippen LogP contribution in [0.3, 0.4) is 0 Å². The molecule has 0 spiro atoms. The fourth-order valence-electron chi connectivity index (χ4n) is 3.89. The van der Waals surface area contributed by atoms with Crippen molar-refractivity contribution in [3.63, 3.8) is 0 Å². The van der Waals surface area contributed by atoms with Crippen LogP contribution in [0.5, 0.6) is 0 Å². The summed E-state index contributed by atoms with van der Waals surface area (Å²) in [4.78, 5) is 24.6. The SMILES string of the molecule is COC(=O)CCc1ccc2oc(CC(NS(=O)(=O)c3ccc(C(C)(C)C)cc3)C(=O)OC(C)(C)C)cc2c1. The summed E-state index contributed by atoms with van der Waals surface area (Å²) in [6.07, 6.45) is 0.726. The minimum Gasteiger partial charge on any atom is -0.469 e. The quantitative estimate of drug-likeness (QED) is 0.375.